The molecule has 0 aliphatic heterocycles. The van der Waals surface area contributed by atoms with E-state index in [0.717, 1.165) is 5.69 Å². The molecule has 0 bridgehead atoms. The van der Waals surface area contributed by atoms with Crippen molar-refractivity contribution in [1.82, 2.24) is 20.3 Å². The van der Waals surface area contributed by atoms with Crippen LogP contribution in [0.15, 0.2) is 35.0 Å². The Morgan fingerprint density at radius 3 is 2.96 bits per heavy atom. The fourth-order valence-corrected chi connectivity index (χ4v) is 2.64. The lowest BCUT2D eigenvalue weighted by Crippen LogP contribution is -2.30. The van der Waals surface area contributed by atoms with E-state index < -0.39 is 0 Å². The van der Waals surface area contributed by atoms with Crippen LogP contribution in [0, 0.1) is 6.92 Å². The van der Waals surface area contributed by atoms with E-state index in [1.807, 2.05) is 18.2 Å². The number of anilines is 2. The number of nitrogens with zero attached hydrogens (tertiary/aromatic N) is 5. The number of pyridine rings is 1. The molecule has 0 saturated heterocycles. The van der Waals surface area contributed by atoms with Gasteiger partial charge in [-0.2, -0.15) is 0 Å². The van der Waals surface area contributed by atoms with Gasteiger partial charge in [-0.3, -0.25) is 9.78 Å². The summed E-state index contributed by atoms with van der Waals surface area (Å²) in [4.78, 5) is 17.9. The number of carbonyl (C=O) groups is 1. The molecule has 23 heavy (non-hydrogen) atoms. The van der Waals surface area contributed by atoms with E-state index in [0.29, 0.717) is 21.7 Å². The van der Waals surface area contributed by atoms with Crippen molar-refractivity contribution in [3.63, 3.8) is 0 Å². The van der Waals surface area contributed by atoms with Crippen molar-refractivity contribution in [1.29, 1.82) is 0 Å². The van der Waals surface area contributed by atoms with Crippen LogP contribution in [-0.2, 0) is 4.79 Å². The van der Waals surface area contributed by atoms with Crippen LogP contribution < -0.4 is 10.2 Å². The second kappa shape index (κ2) is 6.53. The fourth-order valence-electron chi connectivity index (χ4n) is 1.85. The number of hydrogen-bond donors (Lipinski definition) is 1. The molecule has 9 heteroatoms. The second-order valence-electron chi connectivity index (χ2n) is 4.83. The molecule has 0 aromatic carbocycles. The average molecular weight is 330 g/mol. The third-order valence-corrected chi connectivity index (χ3v) is 3.96. The zero-order chi connectivity index (χ0) is 16.2. The molecule has 1 amide bonds. The Labute approximate surface area is 136 Å². The van der Waals surface area contributed by atoms with Gasteiger partial charge in [0.25, 0.3) is 0 Å². The zero-order valence-corrected chi connectivity index (χ0v) is 13.4. The van der Waals surface area contributed by atoms with Gasteiger partial charge in [-0.05, 0) is 19.1 Å². The molecule has 3 aromatic rings. The topological polar surface area (TPSA) is 97.0 Å². The quantitative estimate of drug-likeness (QED) is 0.764. The van der Waals surface area contributed by atoms with Gasteiger partial charge in [0, 0.05) is 19.3 Å². The van der Waals surface area contributed by atoms with Crippen LogP contribution in [0.1, 0.15) is 5.76 Å². The minimum Gasteiger partial charge on any atom is -0.360 e. The highest BCUT2D eigenvalue weighted by Gasteiger charge is 2.14. The standard InChI is InChI=1S/C14H14N6O2S/c1-9-7-11(19-22-9)16-12(21)8-20(2)14-18-17-13(23-14)10-5-3-4-6-15-10/h3-7H,8H2,1-2H3,(H,16,19,21). The first-order valence-corrected chi connectivity index (χ1v) is 7.62. The van der Waals surface area contributed by atoms with Crippen LogP contribution in [0.5, 0.6) is 0 Å². The predicted molar refractivity (Wildman–Crippen MR) is 86.3 cm³/mol. The highest BCUT2D eigenvalue weighted by atomic mass is 32.1. The van der Waals surface area contributed by atoms with Crippen molar-refractivity contribution in [2.75, 3.05) is 23.8 Å². The molecule has 8 nitrogen and oxygen atoms in total. The van der Waals surface area contributed by atoms with Crippen LogP contribution >= 0.6 is 11.3 Å². The minimum absolute atomic E-state index is 0.128. The van der Waals surface area contributed by atoms with Crippen molar-refractivity contribution in [2.24, 2.45) is 0 Å². The molecule has 0 unspecified atom stereocenters. The average Bonchev–Trinajstić information content (AvgIpc) is 3.17. The van der Waals surface area contributed by atoms with Crippen LogP contribution in [0.4, 0.5) is 10.9 Å². The van der Waals surface area contributed by atoms with Gasteiger partial charge in [-0.1, -0.05) is 22.6 Å². The SMILES string of the molecule is Cc1cc(NC(=O)CN(C)c2nnc(-c3ccccn3)s2)no1. The van der Waals surface area contributed by atoms with Crippen LogP contribution in [0.2, 0.25) is 0 Å². The molecule has 0 spiro atoms. The summed E-state index contributed by atoms with van der Waals surface area (Å²) in [6, 6.07) is 7.25. The van der Waals surface area contributed by atoms with Gasteiger partial charge in [0.15, 0.2) is 10.8 Å². The maximum absolute atomic E-state index is 12.0. The van der Waals surface area contributed by atoms with Gasteiger partial charge in [-0.25, -0.2) is 0 Å². The number of aryl methyl sites for hydroxylation is 1. The van der Waals surface area contributed by atoms with E-state index in [1.54, 1.807) is 31.1 Å². The van der Waals surface area contributed by atoms with Gasteiger partial charge in [0.1, 0.15) is 11.5 Å². The molecule has 1 N–H and O–H groups in total. The largest absolute Gasteiger partial charge is 0.360 e. The lowest BCUT2D eigenvalue weighted by Gasteiger charge is -2.13. The summed E-state index contributed by atoms with van der Waals surface area (Å²) in [6.45, 7) is 1.89. The van der Waals surface area contributed by atoms with E-state index in [2.05, 4.69) is 25.7 Å². The summed E-state index contributed by atoms with van der Waals surface area (Å²) in [5, 5.41) is 15.9. The van der Waals surface area contributed by atoms with E-state index in [9.17, 15) is 4.79 Å². The summed E-state index contributed by atoms with van der Waals surface area (Å²) < 4.78 is 4.90. The maximum Gasteiger partial charge on any atom is 0.245 e. The third-order valence-electron chi connectivity index (χ3n) is 2.90. The van der Waals surface area contributed by atoms with Crippen LogP contribution in [0.25, 0.3) is 10.7 Å². The maximum atomic E-state index is 12.0. The van der Waals surface area contributed by atoms with Crippen molar-refractivity contribution >= 4 is 28.2 Å². The first-order chi connectivity index (χ1) is 11.1. The minimum atomic E-state index is -0.213. The van der Waals surface area contributed by atoms with Crippen molar-refractivity contribution in [2.45, 2.75) is 6.92 Å². The van der Waals surface area contributed by atoms with Gasteiger partial charge < -0.3 is 14.7 Å². The van der Waals surface area contributed by atoms with Gasteiger partial charge in [0.2, 0.25) is 11.0 Å². The fraction of sp³-hybridized carbons (Fsp3) is 0.214. The highest BCUT2D eigenvalue weighted by molar-refractivity contribution is 7.18. The number of carbonyl (C=O) groups excluding carboxylic acids is 1. The molecule has 0 fully saturated rings. The van der Waals surface area contributed by atoms with Gasteiger partial charge in [0.05, 0.1) is 6.54 Å². The number of likely N-dealkylation sites (N-methyl/N-ethyl adjacent to an activating group) is 1. The van der Waals surface area contributed by atoms with Crippen molar-refractivity contribution in [3.05, 3.63) is 36.2 Å². The summed E-state index contributed by atoms with van der Waals surface area (Å²) in [5.74, 6) is 0.820. The van der Waals surface area contributed by atoms with Crippen LogP contribution in [0.3, 0.4) is 0 Å². The van der Waals surface area contributed by atoms with E-state index >= 15 is 0 Å². The van der Waals surface area contributed by atoms with E-state index in [4.69, 9.17) is 4.52 Å². The Morgan fingerprint density at radius 2 is 2.26 bits per heavy atom. The van der Waals surface area contributed by atoms with E-state index in [-0.39, 0.29) is 12.5 Å². The lowest BCUT2D eigenvalue weighted by atomic mass is 10.4. The molecular formula is C14H14N6O2S. The Balaban J connectivity index is 1.63. The molecule has 0 radical (unpaired) electrons. The Kier molecular flexibility index (Phi) is 4.29. The number of aromatic nitrogens is 4. The van der Waals surface area contributed by atoms with Crippen molar-refractivity contribution in [3.8, 4) is 10.7 Å². The third kappa shape index (κ3) is 3.69. The Hall–Kier alpha value is -2.81. The normalized spacial score (nSPS) is 10.5. The summed E-state index contributed by atoms with van der Waals surface area (Å²) in [5.41, 5.74) is 0.757. The van der Waals surface area contributed by atoms with E-state index in [1.165, 1.54) is 11.3 Å². The Bertz CT molecular complexity index is 800. The van der Waals surface area contributed by atoms with Crippen molar-refractivity contribution < 1.29 is 9.32 Å². The molecular weight excluding hydrogens is 316 g/mol. The predicted octanol–water partition coefficient (Wildman–Crippen LogP) is 1.97. The molecule has 0 saturated carbocycles. The smallest absolute Gasteiger partial charge is 0.245 e. The molecule has 0 aliphatic rings. The Morgan fingerprint density at radius 1 is 1.39 bits per heavy atom. The number of rotatable bonds is 5. The molecule has 118 valence electrons. The lowest BCUT2D eigenvalue weighted by molar-refractivity contribution is -0.115. The number of amides is 1. The zero-order valence-electron chi connectivity index (χ0n) is 12.6. The van der Waals surface area contributed by atoms with Gasteiger partial charge >= 0.3 is 0 Å². The second-order valence-corrected chi connectivity index (χ2v) is 5.79. The number of nitrogens with one attached hydrogen (secondary N) is 1. The molecule has 3 heterocycles. The van der Waals surface area contributed by atoms with Gasteiger partial charge in [-0.15, -0.1) is 10.2 Å². The van der Waals surface area contributed by atoms with Crippen LogP contribution in [-0.4, -0.2) is 39.8 Å². The monoisotopic (exact) mass is 330 g/mol. The first-order valence-electron chi connectivity index (χ1n) is 6.81. The molecule has 0 aliphatic carbocycles. The molecule has 3 rings (SSSR count). The number of hydrogen-bond acceptors (Lipinski definition) is 8. The summed E-state index contributed by atoms with van der Waals surface area (Å²) >= 11 is 1.37. The molecule has 0 atom stereocenters. The molecule has 3 aromatic heterocycles. The highest BCUT2D eigenvalue weighted by Crippen LogP contribution is 2.26. The first kappa shape index (κ1) is 15.1. The summed E-state index contributed by atoms with van der Waals surface area (Å²) in [6.07, 6.45) is 1.70. The summed E-state index contributed by atoms with van der Waals surface area (Å²) in [7, 11) is 1.77.